The van der Waals surface area contributed by atoms with E-state index in [1.54, 1.807) is 0 Å². The highest BCUT2D eigenvalue weighted by atomic mass is 16.4. The van der Waals surface area contributed by atoms with Gasteiger partial charge < -0.3 is 10.0 Å². The zero-order valence-corrected chi connectivity index (χ0v) is 13.2. The summed E-state index contributed by atoms with van der Waals surface area (Å²) in [5.41, 5.74) is 0.384. The number of hydrogen-bond acceptors (Lipinski definition) is 2. The molecular formula is C17H27NO3. The van der Waals surface area contributed by atoms with Crippen LogP contribution in [0.25, 0.3) is 0 Å². The van der Waals surface area contributed by atoms with E-state index in [1.807, 2.05) is 17.1 Å². The molecule has 21 heavy (non-hydrogen) atoms. The maximum atomic E-state index is 12.7. The van der Waals surface area contributed by atoms with Gasteiger partial charge in [-0.1, -0.05) is 38.8 Å². The van der Waals surface area contributed by atoms with E-state index in [0.29, 0.717) is 18.3 Å². The number of carboxylic acids is 1. The Morgan fingerprint density at radius 2 is 1.62 bits per heavy atom. The Balaban J connectivity index is 2.01. The zero-order chi connectivity index (χ0) is 15.5. The normalized spacial score (nSPS) is 28.4. The zero-order valence-electron chi connectivity index (χ0n) is 13.2. The molecule has 0 bridgehead atoms. The van der Waals surface area contributed by atoms with Crippen molar-refractivity contribution in [1.29, 1.82) is 0 Å². The van der Waals surface area contributed by atoms with Crippen molar-refractivity contribution in [2.45, 2.75) is 52.4 Å². The molecule has 0 aromatic heterocycles. The molecule has 0 saturated carbocycles. The van der Waals surface area contributed by atoms with Gasteiger partial charge in [-0.25, -0.2) is 0 Å². The first-order chi connectivity index (χ1) is 10.0. The highest BCUT2D eigenvalue weighted by Gasteiger charge is 2.39. The van der Waals surface area contributed by atoms with Gasteiger partial charge in [-0.15, -0.1) is 0 Å². The second-order valence-corrected chi connectivity index (χ2v) is 6.53. The summed E-state index contributed by atoms with van der Waals surface area (Å²) in [5, 5.41) is 9.31. The second-order valence-electron chi connectivity index (χ2n) is 6.53. The van der Waals surface area contributed by atoms with E-state index >= 15 is 0 Å². The molecule has 1 N–H and O–H groups in total. The van der Waals surface area contributed by atoms with Crippen LogP contribution in [0, 0.1) is 17.3 Å². The lowest BCUT2D eigenvalue weighted by Crippen LogP contribution is -2.47. The van der Waals surface area contributed by atoms with Crippen LogP contribution in [0.3, 0.4) is 0 Å². The molecule has 1 heterocycles. The van der Waals surface area contributed by atoms with Crippen LogP contribution in [0.15, 0.2) is 12.2 Å². The number of allylic oxidation sites excluding steroid dienone is 2. The lowest BCUT2D eigenvalue weighted by Gasteiger charge is -2.42. The van der Waals surface area contributed by atoms with Crippen molar-refractivity contribution >= 4 is 11.9 Å². The smallest absolute Gasteiger partial charge is 0.307 e. The van der Waals surface area contributed by atoms with Crippen LogP contribution in [0.4, 0.5) is 0 Å². The summed E-state index contributed by atoms with van der Waals surface area (Å²) in [6, 6.07) is 0. The van der Waals surface area contributed by atoms with Gasteiger partial charge in [-0.3, -0.25) is 9.59 Å². The van der Waals surface area contributed by atoms with Gasteiger partial charge in [0.25, 0.3) is 0 Å². The fraction of sp³-hybridized carbons (Fsp3) is 0.765. The van der Waals surface area contributed by atoms with E-state index in [0.717, 1.165) is 38.8 Å². The summed E-state index contributed by atoms with van der Waals surface area (Å²) in [6.45, 7) is 6.03. The number of amides is 1. The van der Waals surface area contributed by atoms with Crippen molar-refractivity contribution in [3.05, 3.63) is 12.2 Å². The van der Waals surface area contributed by atoms with E-state index in [-0.39, 0.29) is 11.8 Å². The van der Waals surface area contributed by atoms with Crippen LogP contribution in [0.1, 0.15) is 52.4 Å². The molecule has 4 heteroatoms. The molecule has 1 fully saturated rings. The number of hydrogen-bond donors (Lipinski definition) is 1. The molecule has 2 rings (SSSR count). The number of carbonyl (C=O) groups excluding carboxylic acids is 1. The molecule has 0 radical (unpaired) electrons. The average Bonchev–Trinajstić information content (AvgIpc) is 2.54. The third kappa shape index (κ3) is 3.30. The highest BCUT2D eigenvalue weighted by Crippen LogP contribution is 2.39. The average molecular weight is 293 g/mol. The van der Waals surface area contributed by atoms with Crippen LogP contribution in [0.2, 0.25) is 0 Å². The Labute approximate surface area is 127 Å². The molecule has 1 saturated heterocycles. The van der Waals surface area contributed by atoms with Gasteiger partial charge in [0, 0.05) is 13.1 Å². The summed E-state index contributed by atoms with van der Waals surface area (Å²) in [6.07, 6.45) is 9.31. The molecule has 4 nitrogen and oxygen atoms in total. The van der Waals surface area contributed by atoms with Gasteiger partial charge in [-0.2, -0.15) is 0 Å². The van der Waals surface area contributed by atoms with E-state index in [2.05, 4.69) is 13.8 Å². The van der Waals surface area contributed by atoms with Crippen molar-refractivity contribution in [3.8, 4) is 0 Å². The molecule has 0 aromatic rings. The first-order valence-corrected chi connectivity index (χ1v) is 8.19. The number of rotatable bonds is 4. The first-order valence-electron chi connectivity index (χ1n) is 8.19. The van der Waals surface area contributed by atoms with Crippen LogP contribution >= 0.6 is 0 Å². The summed E-state index contributed by atoms with van der Waals surface area (Å²) in [7, 11) is 0. The lowest BCUT2D eigenvalue weighted by molar-refractivity contribution is -0.151. The van der Waals surface area contributed by atoms with Crippen molar-refractivity contribution in [2.75, 3.05) is 13.1 Å². The molecule has 1 amide bonds. The standard InChI is InChI=1S/C17H27NO3/c1-3-17(4-2)9-11-18(12-10-17)15(19)13-7-5-6-8-14(13)16(20)21/h5-6,13-14H,3-4,7-12H2,1-2H3,(H,20,21)/t13-,14+/m1/s1. The fourth-order valence-electron chi connectivity index (χ4n) is 3.75. The quantitative estimate of drug-likeness (QED) is 0.810. The highest BCUT2D eigenvalue weighted by molar-refractivity contribution is 5.85. The molecule has 0 spiro atoms. The lowest BCUT2D eigenvalue weighted by atomic mass is 9.73. The topological polar surface area (TPSA) is 57.6 Å². The maximum Gasteiger partial charge on any atom is 0.307 e. The predicted octanol–water partition coefficient (Wildman–Crippen LogP) is 3.08. The largest absolute Gasteiger partial charge is 0.481 e. The Morgan fingerprint density at radius 3 is 2.10 bits per heavy atom. The summed E-state index contributed by atoms with van der Waals surface area (Å²) in [4.78, 5) is 25.9. The third-order valence-electron chi connectivity index (χ3n) is 5.70. The number of carbonyl (C=O) groups is 2. The van der Waals surface area contributed by atoms with Crippen molar-refractivity contribution in [1.82, 2.24) is 4.90 Å². The van der Waals surface area contributed by atoms with Gasteiger partial charge in [0.15, 0.2) is 0 Å². The van der Waals surface area contributed by atoms with Crippen LogP contribution in [-0.2, 0) is 9.59 Å². The minimum atomic E-state index is -0.842. The number of carboxylic acid groups (broad SMARTS) is 1. The summed E-state index contributed by atoms with van der Waals surface area (Å²) >= 11 is 0. The molecule has 1 aliphatic heterocycles. The molecule has 0 aromatic carbocycles. The number of nitrogens with zero attached hydrogens (tertiary/aromatic N) is 1. The molecule has 118 valence electrons. The summed E-state index contributed by atoms with van der Waals surface area (Å²) in [5.74, 6) is -1.71. The van der Waals surface area contributed by atoms with Gasteiger partial charge in [0.2, 0.25) is 5.91 Å². The SMILES string of the molecule is CCC1(CC)CCN(C(=O)[C@@H]2CC=CC[C@@H]2C(=O)O)CC1. The van der Waals surface area contributed by atoms with Crippen molar-refractivity contribution in [3.63, 3.8) is 0 Å². The van der Waals surface area contributed by atoms with E-state index in [4.69, 9.17) is 0 Å². The molecule has 2 aliphatic rings. The van der Waals surface area contributed by atoms with Gasteiger partial charge >= 0.3 is 5.97 Å². The number of likely N-dealkylation sites (tertiary alicyclic amines) is 1. The van der Waals surface area contributed by atoms with Gasteiger partial charge in [-0.05, 0) is 31.1 Å². The molecule has 1 aliphatic carbocycles. The minimum absolute atomic E-state index is 0.0487. The van der Waals surface area contributed by atoms with Crippen LogP contribution < -0.4 is 0 Å². The van der Waals surface area contributed by atoms with Crippen LogP contribution in [-0.4, -0.2) is 35.0 Å². The Morgan fingerprint density at radius 1 is 1.10 bits per heavy atom. The third-order valence-corrected chi connectivity index (χ3v) is 5.70. The van der Waals surface area contributed by atoms with Gasteiger partial charge in [0.05, 0.1) is 11.8 Å². The monoisotopic (exact) mass is 293 g/mol. The van der Waals surface area contributed by atoms with E-state index in [1.165, 1.54) is 0 Å². The number of aliphatic carboxylic acids is 1. The Hall–Kier alpha value is -1.32. The summed E-state index contributed by atoms with van der Waals surface area (Å²) < 4.78 is 0. The molecular weight excluding hydrogens is 266 g/mol. The molecule has 0 unspecified atom stereocenters. The van der Waals surface area contributed by atoms with Crippen molar-refractivity contribution in [2.24, 2.45) is 17.3 Å². The second kappa shape index (κ2) is 6.63. The van der Waals surface area contributed by atoms with Crippen molar-refractivity contribution < 1.29 is 14.7 Å². The van der Waals surface area contributed by atoms with Crippen LogP contribution in [0.5, 0.6) is 0 Å². The minimum Gasteiger partial charge on any atom is -0.481 e. The van der Waals surface area contributed by atoms with E-state index in [9.17, 15) is 14.7 Å². The Bertz CT molecular complexity index is 416. The number of piperidine rings is 1. The predicted molar refractivity (Wildman–Crippen MR) is 81.8 cm³/mol. The molecule has 2 atom stereocenters. The maximum absolute atomic E-state index is 12.7. The Kier molecular flexibility index (Phi) is 5.07. The van der Waals surface area contributed by atoms with Gasteiger partial charge in [0.1, 0.15) is 0 Å². The van der Waals surface area contributed by atoms with E-state index < -0.39 is 11.9 Å². The fourth-order valence-corrected chi connectivity index (χ4v) is 3.75. The first kappa shape index (κ1) is 16.1.